The molecule has 4 nitrogen and oxygen atoms in total. The number of nitrogens with one attached hydrogen (secondary N) is 1. The number of hydrogen-bond acceptors (Lipinski definition) is 3. The lowest BCUT2D eigenvalue weighted by Crippen LogP contribution is -3.00. The Morgan fingerprint density at radius 2 is 1.46 bits per heavy atom. The summed E-state index contributed by atoms with van der Waals surface area (Å²) < 4.78 is 8.38. The molecule has 226 valence electrons. The van der Waals surface area contributed by atoms with Crippen molar-refractivity contribution < 1.29 is 31.1 Å². The summed E-state index contributed by atoms with van der Waals surface area (Å²) in [6.07, 6.45) is 18.1. The van der Waals surface area contributed by atoms with Crippen LogP contribution in [0.1, 0.15) is 126 Å². The number of carbonyl (C=O) groups is 1. The van der Waals surface area contributed by atoms with Crippen LogP contribution in [0.4, 0.5) is 5.69 Å². The molecule has 1 N–H and O–H groups in total. The molecular formula is C35H51BrN2O2S. The molecular weight excluding hydrogens is 592 g/mol. The predicted molar refractivity (Wildman–Crippen MR) is 170 cm³/mol. The van der Waals surface area contributed by atoms with Crippen LogP contribution in [0.3, 0.4) is 0 Å². The van der Waals surface area contributed by atoms with Crippen molar-refractivity contribution in [1.82, 2.24) is 0 Å². The molecule has 0 bridgehead atoms. The molecule has 0 aliphatic heterocycles. The van der Waals surface area contributed by atoms with Gasteiger partial charge in [-0.2, -0.15) is 4.57 Å². The molecule has 41 heavy (non-hydrogen) atoms. The number of anilines is 1. The second kappa shape index (κ2) is 19.1. The van der Waals surface area contributed by atoms with Gasteiger partial charge in [-0.3, -0.25) is 4.79 Å². The number of aromatic nitrogens is 1. The Morgan fingerprint density at radius 1 is 0.854 bits per heavy atom. The van der Waals surface area contributed by atoms with Crippen molar-refractivity contribution in [2.75, 3.05) is 11.9 Å². The highest BCUT2D eigenvalue weighted by molar-refractivity contribution is 7.07. The van der Waals surface area contributed by atoms with Crippen LogP contribution in [0, 0.1) is 0 Å². The fourth-order valence-electron chi connectivity index (χ4n) is 4.97. The molecule has 0 unspecified atom stereocenters. The highest BCUT2D eigenvalue weighted by atomic mass is 79.9. The lowest BCUT2D eigenvalue weighted by molar-refractivity contribution is -0.683. The number of nitrogens with zero attached hydrogens (tertiary/aromatic N) is 1. The fourth-order valence-corrected chi connectivity index (χ4v) is 5.57. The van der Waals surface area contributed by atoms with Gasteiger partial charge in [0.15, 0.2) is 12.7 Å². The van der Waals surface area contributed by atoms with Crippen molar-refractivity contribution in [1.29, 1.82) is 0 Å². The van der Waals surface area contributed by atoms with Gasteiger partial charge in [0.05, 0.1) is 12.0 Å². The van der Waals surface area contributed by atoms with E-state index in [0.717, 1.165) is 36.6 Å². The van der Waals surface area contributed by atoms with E-state index in [1.54, 1.807) is 11.3 Å². The Kier molecular flexibility index (Phi) is 16.3. The van der Waals surface area contributed by atoms with E-state index in [0.29, 0.717) is 5.56 Å². The van der Waals surface area contributed by atoms with Crippen molar-refractivity contribution in [2.24, 2.45) is 0 Å². The first-order valence-electron chi connectivity index (χ1n) is 15.5. The van der Waals surface area contributed by atoms with Crippen molar-refractivity contribution in [3.63, 3.8) is 0 Å². The minimum absolute atomic E-state index is 0. The first-order chi connectivity index (χ1) is 19.4. The number of ether oxygens (including phenoxy) is 1. The molecule has 0 fully saturated rings. The first-order valence-corrected chi connectivity index (χ1v) is 16.4. The lowest BCUT2D eigenvalue weighted by Gasteiger charge is -2.24. The van der Waals surface area contributed by atoms with Crippen LogP contribution in [0.25, 0.3) is 0 Å². The van der Waals surface area contributed by atoms with Gasteiger partial charge < -0.3 is 27.0 Å². The van der Waals surface area contributed by atoms with Crippen molar-refractivity contribution >= 4 is 22.9 Å². The zero-order chi connectivity index (χ0) is 28.6. The summed E-state index contributed by atoms with van der Waals surface area (Å²) in [6.45, 7) is 10.4. The highest BCUT2D eigenvalue weighted by Gasteiger charge is 2.20. The van der Waals surface area contributed by atoms with Crippen LogP contribution < -0.4 is 31.6 Å². The Labute approximate surface area is 263 Å². The minimum Gasteiger partial charge on any atom is -1.00 e. The monoisotopic (exact) mass is 642 g/mol. The van der Waals surface area contributed by atoms with Gasteiger partial charge >= 0.3 is 0 Å². The van der Waals surface area contributed by atoms with Gasteiger partial charge in [0.2, 0.25) is 5.51 Å². The van der Waals surface area contributed by atoms with E-state index in [1.807, 2.05) is 36.4 Å². The van der Waals surface area contributed by atoms with Crippen molar-refractivity contribution in [2.45, 2.75) is 117 Å². The number of rotatable bonds is 18. The second-order valence-corrected chi connectivity index (χ2v) is 12.8. The number of unbranched alkanes of at least 4 members (excludes halogenated alkanes) is 11. The molecule has 3 aromatic rings. The molecule has 0 saturated carbocycles. The van der Waals surface area contributed by atoms with Crippen molar-refractivity contribution in [3.05, 3.63) is 76.2 Å². The fraction of sp³-hybridized carbons (Fsp3) is 0.543. The van der Waals surface area contributed by atoms with Crippen LogP contribution in [0.15, 0.2) is 59.6 Å². The SMILES string of the molecule is CCCCCCCCCCCCCCOc1ccc(NC(=O)c2ccc(C[n+]3ccsc3)cc2)cc1C(C)(C)C.[Br-]. The van der Waals surface area contributed by atoms with Crippen LogP contribution in [-0.4, -0.2) is 12.5 Å². The average molecular weight is 644 g/mol. The summed E-state index contributed by atoms with van der Waals surface area (Å²) in [5.41, 5.74) is 5.74. The third-order valence-corrected chi connectivity index (χ3v) is 8.08. The van der Waals surface area contributed by atoms with E-state index in [4.69, 9.17) is 4.74 Å². The molecule has 0 aliphatic rings. The van der Waals surface area contributed by atoms with E-state index < -0.39 is 0 Å². The summed E-state index contributed by atoms with van der Waals surface area (Å²) in [5.74, 6) is 0.823. The maximum atomic E-state index is 13.0. The number of benzene rings is 2. The molecule has 1 aromatic heterocycles. The number of halogens is 1. The standard InChI is InChI=1S/C35H50N2O2S.BrH/c1-5-6-7-8-9-10-11-12-13-14-15-16-24-39-33-22-21-31(26-32(33)35(2,3)4)36-34(38)30-19-17-29(18-20-30)27-37-23-25-40-28-37;/h17-23,25-26,28H,5-16,24,27H2,1-4H3;1H. The van der Waals surface area contributed by atoms with Crippen LogP contribution in [0.2, 0.25) is 0 Å². The van der Waals surface area contributed by atoms with E-state index in [9.17, 15) is 4.79 Å². The molecule has 0 aliphatic carbocycles. The van der Waals surface area contributed by atoms with Gasteiger partial charge in [0.25, 0.3) is 5.91 Å². The van der Waals surface area contributed by atoms with Gasteiger partial charge in [-0.05, 0) is 42.2 Å². The second-order valence-electron chi connectivity index (χ2n) is 12.0. The Hall–Kier alpha value is -2.18. The summed E-state index contributed by atoms with van der Waals surface area (Å²) in [7, 11) is 0. The van der Waals surface area contributed by atoms with E-state index in [1.165, 1.54) is 76.2 Å². The summed E-state index contributed by atoms with van der Waals surface area (Å²) in [6, 6.07) is 13.9. The summed E-state index contributed by atoms with van der Waals surface area (Å²) in [4.78, 5) is 13.0. The predicted octanol–water partition coefficient (Wildman–Crippen LogP) is 6.72. The molecule has 3 rings (SSSR count). The van der Waals surface area contributed by atoms with Gasteiger partial charge in [0.1, 0.15) is 5.75 Å². The van der Waals surface area contributed by atoms with Crippen LogP contribution in [-0.2, 0) is 12.0 Å². The molecule has 6 heteroatoms. The van der Waals surface area contributed by atoms with Gasteiger partial charge in [-0.1, -0.05) is 122 Å². The minimum atomic E-state index is -0.0974. The van der Waals surface area contributed by atoms with Gasteiger partial charge in [-0.15, -0.1) is 0 Å². The Bertz CT molecular complexity index is 1120. The molecule has 2 aromatic carbocycles. The molecule has 0 saturated heterocycles. The molecule has 1 amide bonds. The Balaban J connectivity index is 0.00000588. The summed E-state index contributed by atoms with van der Waals surface area (Å²) in [5, 5.41) is 5.14. The van der Waals surface area contributed by atoms with Crippen LogP contribution in [0.5, 0.6) is 5.75 Å². The zero-order valence-corrected chi connectivity index (χ0v) is 28.1. The normalized spacial score (nSPS) is 11.2. The third kappa shape index (κ3) is 13.1. The van der Waals surface area contributed by atoms with Gasteiger partial charge in [0, 0.05) is 22.4 Å². The third-order valence-electron chi connectivity index (χ3n) is 7.41. The number of hydrogen-bond donors (Lipinski definition) is 1. The topological polar surface area (TPSA) is 42.2 Å². The first kappa shape index (κ1) is 35.0. The van der Waals surface area contributed by atoms with Crippen molar-refractivity contribution in [3.8, 4) is 5.75 Å². The van der Waals surface area contributed by atoms with E-state index in [2.05, 4.69) is 60.7 Å². The number of thiazole rings is 1. The number of amides is 1. The molecule has 0 spiro atoms. The van der Waals surface area contributed by atoms with Gasteiger partial charge in [-0.25, -0.2) is 0 Å². The summed E-state index contributed by atoms with van der Waals surface area (Å²) >= 11 is 1.67. The quantitative estimate of drug-likeness (QED) is 0.124. The Morgan fingerprint density at radius 3 is 2.02 bits per heavy atom. The maximum Gasteiger partial charge on any atom is 0.255 e. The number of carbonyl (C=O) groups excluding carboxylic acids is 1. The highest BCUT2D eigenvalue weighted by Crippen LogP contribution is 2.34. The molecule has 0 radical (unpaired) electrons. The zero-order valence-electron chi connectivity index (χ0n) is 25.7. The average Bonchev–Trinajstić information content (AvgIpc) is 3.45. The molecule has 1 heterocycles. The largest absolute Gasteiger partial charge is 1.00 e. The smallest absolute Gasteiger partial charge is 0.255 e. The lowest BCUT2D eigenvalue weighted by atomic mass is 9.86. The van der Waals surface area contributed by atoms with Crippen LogP contribution >= 0.6 is 11.3 Å². The van der Waals surface area contributed by atoms with E-state index in [-0.39, 0.29) is 28.3 Å². The van der Waals surface area contributed by atoms with E-state index >= 15 is 0 Å². The maximum absolute atomic E-state index is 13.0. The molecule has 0 atom stereocenters.